The molecule has 2 aromatic rings. The van der Waals surface area contributed by atoms with Crippen molar-refractivity contribution in [3.05, 3.63) is 53.6 Å². The molecule has 5 rings (SSSR count). The summed E-state index contributed by atoms with van der Waals surface area (Å²) in [6, 6.07) is 6.92. The predicted octanol–water partition coefficient (Wildman–Crippen LogP) is 1.98. The number of nitrogens with zero attached hydrogens (tertiary/aromatic N) is 5. The second-order valence-electron chi connectivity index (χ2n) is 10.5. The van der Waals surface area contributed by atoms with Crippen molar-refractivity contribution in [2.75, 3.05) is 31.6 Å². The van der Waals surface area contributed by atoms with Gasteiger partial charge < -0.3 is 25.6 Å². The number of methoxy groups -OCH3 is 1. The van der Waals surface area contributed by atoms with E-state index in [1.54, 1.807) is 17.2 Å². The van der Waals surface area contributed by atoms with Gasteiger partial charge in [-0.25, -0.2) is 14.4 Å². The van der Waals surface area contributed by atoms with Crippen LogP contribution in [-0.4, -0.2) is 70.7 Å². The number of carbonyl (C=O) groups is 2. The van der Waals surface area contributed by atoms with Gasteiger partial charge in [0.2, 0.25) is 11.8 Å². The summed E-state index contributed by atoms with van der Waals surface area (Å²) < 4.78 is 19.2. The van der Waals surface area contributed by atoms with Gasteiger partial charge >= 0.3 is 0 Å². The van der Waals surface area contributed by atoms with E-state index in [9.17, 15) is 14.0 Å². The number of halogens is 1. The Hall–Kier alpha value is -4.53. The SMILES string of the molecule is COc1cc(/C(N)=C/C(=N)C(=O)N2CC[C@H](C(=O)N[C@H]3CCN(c4ccc(C#N)cn4)C3)CC23CC3)c(F)cn1. The summed E-state index contributed by atoms with van der Waals surface area (Å²) in [4.78, 5) is 38.3. The van der Waals surface area contributed by atoms with E-state index >= 15 is 0 Å². The summed E-state index contributed by atoms with van der Waals surface area (Å²) in [7, 11) is 1.39. The zero-order valence-corrected chi connectivity index (χ0v) is 22.2. The van der Waals surface area contributed by atoms with Gasteiger partial charge in [0, 0.05) is 60.7 Å². The number of anilines is 1. The van der Waals surface area contributed by atoms with Crippen LogP contribution in [0, 0.1) is 28.5 Å². The first-order valence-electron chi connectivity index (χ1n) is 13.2. The molecule has 2 saturated heterocycles. The third kappa shape index (κ3) is 5.45. The molecule has 2 aliphatic heterocycles. The smallest absolute Gasteiger partial charge is 0.272 e. The van der Waals surface area contributed by atoms with Gasteiger partial charge in [0.25, 0.3) is 5.91 Å². The van der Waals surface area contributed by atoms with Gasteiger partial charge in [0.1, 0.15) is 17.6 Å². The molecule has 2 aromatic heterocycles. The number of hydrogen-bond acceptors (Lipinski definition) is 9. The molecule has 0 aromatic carbocycles. The van der Waals surface area contributed by atoms with Gasteiger partial charge in [0.05, 0.1) is 18.9 Å². The van der Waals surface area contributed by atoms with Crippen molar-refractivity contribution in [2.45, 2.75) is 43.7 Å². The monoisotopic (exact) mass is 546 g/mol. The molecule has 208 valence electrons. The molecule has 4 heterocycles. The maximum Gasteiger partial charge on any atom is 0.272 e. The maximum atomic E-state index is 14.2. The number of aromatic nitrogens is 2. The molecule has 1 saturated carbocycles. The van der Waals surface area contributed by atoms with Crippen LogP contribution in [0.3, 0.4) is 0 Å². The summed E-state index contributed by atoms with van der Waals surface area (Å²) >= 11 is 0. The first kappa shape index (κ1) is 27.1. The lowest BCUT2D eigenvalue weighted by atomic mass is 9.87. The molecular weight excluding hydrogens is 515 g/mol. The van der Waals surface area contributed by atoms with Crippen LogP contribution in [0.15, 0.2) is 36.7 Å². The van der Waals surface area contributed by atoms with Crippen molar-refractivity contribution >= 4 is 29.0 Å². The highest BCUT2D eigenvalue weighted by molar-refractivity contribution is 6.43. The number of pyridine rings is 2. The largest absolute Gasteiger partial charge is 0.481 e. The van der Waals surface area contributed by atoms with Crippen molar-refractivity contribution < 1.29 is 18.7 Å². The van der Waals surface area contributed by atoms with Crippen LogP contribution in [0.2, 0.25) is 0 Å². The van der Waals surface area contributed by atoms with Crippen molar-refractivity contribution in [1.82, 2.24) is 20.2 Å². The number of piperidine rings is 1. The number of nitriles is 1. The molecule has 0 radical (unpaired) electrons. The third-order valence-corrected chi connectivity index (χ3v) is 7.96. The van der Waals surface area contributed by atoms with Crippen LogP contribution >= 0.6 is 0 Å². The Morgan fingerprint density at radius 2 is 2.08 bits per heavy atom. The van der Waals surface area contributed by atoms with Crippen molar-refractivity contribution in [3.8, 4) is 11.9 Å². The first-order valence-corrected chi connectivity index (χ1v) is 13.2. The maximum absolute atomic E-state index is 14.2. The van der Waals surface area contributed by atoms with Crippen LogP contribution < -0.4 is 20.7 Å². The van der Waals surface area contributed by atoms with Gasteiger partial charge in [-0.1, -0.05) is 0 Å². The summed E-state index contributed by atoms with van der Waals surface area (Å²) in [5.41, 5.74) is 5.67. The van der Waals surface area contributed by atoms with Crippen LogP contribution in [-0.2, 0) is 9.59 Å². The molecule has 4 N–H and O–H groups in total. The summed E-state index contributed by atoms with van der Waals surface area (Å²) in [5.74, 6) is -0.455. The molecule has 11 nitrogen and oxygen atoms in total. The average Bonchev–Trinajstić information content (AvgIpc) is 3.56. The number of amides is 2. The highest BCUT2D eigenvalue weighted by Crippen LogP contribution is 2.50. The van der Waals surface area contributed by atoms with Gasteiger partial charge in [-0.3, -0.25) is 15.0 Å². The van der Waals surface area contributed by atoms with Crippen molar-refractivity contribution in [3.63, 3.8) is 0 Å². The topological polar surface area (TPSA) is 161 Å². The number of ether oxygens (including phenoxy) is 1. The lowest BCUT2D eigenvalue weighted by molar-refractivity contribution is -0.135. The van der Waals surface area contributed by atoms with E-state index in [1.165, 1.54) is 13.2 Å². The predicted molar refractivity (Wildman–Crippen MR) is 145 cm³/mol. The second kappa shape index (κ2) is 10.9. The summed E-state index contributed by atoms with van der Waals surface area (Å²) in [6.45, 7) is 1.76. The molecule has 3 fully saturated rings. The molecule has 0 bridgehead atoms. The zero-order chi connectivity index (χ0) is 28.4. The lowest BCUT2D eigenvalue weighted by Crippen LogP contribution is -2.53. The van der Waals surface area contributed by atoms with E-state index < -0.39 is 17.3 Å². The van der Waals surface area contributed by atoms with Gasteiger partial charge in [0.15, 0.2) is 5.82 Å². The third-order valence-electron chi connectivity index (χ3n) is 7.96. The highest BCUT2D eigenvalue weighted by atomic mass is 19.1. The quantitative estimate of drug-likeness (QED) is 0.444. The van der Waals surface area contributed by atoms with E-state index in [0.717, 1.165) is 43.9 Å². The average molecular weight is 547 g/mol. The molecule has 2 amide bonds. The van der Waals surface area contributed by atoms with E-state index in [0.29, 0.717) is 31.5 Å². The molecule has 1 aliphatic carbocycles. The molecule has 3 aliphatic rings. The Balaban J connectivity index is 1.17. The first-order chi connectivity index (χ1) is 19.2. The fraction of sp³-hybridized carbons (Fsp3) is 0.429. The standard InChI is InChI=1S/C28H31FN8O3/c1-40-25-10-20(21(29)15-34-25)22(31)11-23(32)27(39)37-9-4-18(12-28(37)6-7-28)26(38)35-19-5-8-36(16-19)24-3-2-17(13-30)14-33-24/h2-3,10-11,14-15,18-19,32H,4-9,12,16,31H2,1H3,(H,35,38)/b22-11-,32-23?/t18-,19-/m0/s1. The Morgan fingerprint density at radius 1 is 1.27 bits per heavy atom. The molecule has 40 heavy (non-hydrogen) atoms. The molecule has 2 atom stereocenters. The summed E-state index contributed by atoms with van der Waals surface area (Å²) in [6.07, 6.45) is 7.05. The number of nitrogens with two attached hydrogens (primary N) is 1. The van der Waals surface area contributed by atoms with Crippen LogP contribution in [0.5, 0.6) is 5.88 Å². The van der Waals surface area contributed by atoms with Crippen LogP contribution in [0.25, 0.3) is 5.70 Å². The second-order valence-corrected chi connectivity index (χ2v) is 10.5. The number of likely N-dealkylation sites (tertiary alicyclic amines) is 1. The zero-order valence-electron chi connectivity index (χ0n) is 22.2. The van der Waals surface area contributed by atoms with Gasteiger partial charge in [-0.15, -0.1) is 0 Å². The molecule has 1 spiro atoms. The minimum Gasteiger partial charge on any atom is -0.481 e. The van der Waals surface area contributed by atoms with E-state index in [-0.39, 0.29) is 40.7 Å². The minimum atomic E-state index is -0.682. The number of rotatable bonds is 7. The fourth-order valence-corrected chi connectivity index (χ4v) is 5.59. The normalized spacial score (nSPS) is 21.6. The van der Waals surface area contributed by atoms with Crippen molar-refractivity contribution in [1.29, 1.82) is 10.7 Å². The van der Waals surface area contributed by atoms with Crippen LogP contribution in [0.4, 0.5) is 10.2 Å². The van der Waals surface area contributed by atoms with Crippen LogP contribution in [0.1, 0.15) is 43.2 Å². The Labute approximate surface area is 231 Å². The van der Waals surface area contributed by atoms with Gasteiger partial charge in [-0.05, 0) is 50.3 Å². The van der Waals surface area contributed by atoms with Crippen molar-refractivity contribution in [2.24, 2.45) is 11.7 Å². The minimum absolute atomic E-state index is 0.00126. The molecular formula is C28H31FN8O3. The molecule has 12 heteroatoms. The highest BCUT2D eigenvalue weighted by Gasteiger charge is 2.54. The van der Waals surface area contributed by atoms with E-state index in [2.05, 4.69) is 26.3 Å². The number of carbonyl (C=O) groups excluding carboxylic acids is 2. The Morgan fingerprint density at radius 3 is 2.75 bits per heavy atom. The van der Waals surface area contributed by atoms with E-state index in [1.807, 2.05) is 6.07 Å². The van der Waals surface area contributed by atoms with Gasteiger partial charge in [-0.2, -0.15) is 5.26 Å². The fourth-order valence-electron chi connectivity index (χ4n) is 5.59. The Bertz CT molecular complexity index is 1400. The Kier molecular flexibility index (Phi) is 7.38. The lowest BCUT2D eigenvalue weighted by Gasteiger charge is -2.40. The number of nitrogens with one attached hydrogen (secondary N) is 2. The van der Waals surface area contributed by atoms with E-state index in [4.69, 9.17) is 21.1 Å². The summed E-state index contributed by atoms with van der Waals surface area (Å²) in [5, 5.41) is 20.5. The number of hydrogen-bond donors (Lipinski definition) is 3. The molecule has 0 unspecified atom stereocenters.